The molecule has 0 aromatic heterocycles. The number of nitrogens with zero attached hydrogens (tertiary/aromatic N) is 1. The van der Waals surface area contributed by atoms with Crippen LogP contribution in [0.4, 0.5) is 15.8 Å². The molecular formula is C20H22FN3O2. The molecule has 2 amide bonds. The van der Waals surface area contributed by atoms with Crippen LogP contribution < -0.4 is 11.1 Å². The van der Waals surface area contributed by atoms with E-state index in [9.17, 15) is 14.0 Å². The maximum absolute atomic E-state index is 12.9. The molecule has 1 fully saturated rings. The van der Waals surface area contributed by atoms with Gasteiger partial charge in [0.05, 0.1) is 6.42 Å². The maximum atomic E-state index is 12.9. The lowest BCUT2D eigenvalue weighted by Crippen LogP contribution is -2.42. The Morgan fingerprint density at radius 3 is 2.27 bits per heavy atom. The van der Waals surface area contributed by atoms with Gasteiger partial charge in [-0.15, -0.1) is 0 Å². The number of nitrogens with two attached hydrogens (primary N) is 1. The maximum Gasteiger partial charge on any atom is 0.227 e. The van der Waals surface area contributed by atoms with Gasteiger partial charge in [0.25, 0.3) is 0 Å². The van der Waals surface area contributed by atoms with Gasteiger partial charge in [0, 0.05) is 30.4 Å². The lowest BCUT2D eigenvalue weighted by atomic mass is 9.95. The van der Waals surface area contributed by atoms with Crippen LogP contribution in [0, 0.1) is 11.7 Å². The van der Waals surface area contributed by atoms with Crippen molar-refractivity contribution in [1.29, 1.82) is 0 Å². The standard InChI is InChI=1S/C20H22FN3O2/c21-16-3-7-18(8-4-16)23-20(26)15-9-11-24(12-10-15)19(25)13-14-1-5-17(22)6-2-14/h1-8,15H,9-13,22H2,(H,23,26). The molecule has 2 aromatic carbocycles. The molecule has 6 heteroatoms. The van der Waals surface area contributed by atoms with Gasteiger partial charge in [-0.1, -0.05) is 12.1 Å². The van der Waals surface area contributed by atoms with Crippen molar-refractivity contribution in [3.63, 3.8) is 0 Å². The quantitative estimate of drug-likeness (QED) is 0.828. The average Bonchev–Trinajstić information content (AvgIpc) is 2.65. The van der Waals surface area contributed by atoms with E-state index < -0.39 is 0 Å². The largest absolute Gasteiger partial charge is 0.399 e. The summed E-state index contributed by atoms with van der Waals surface area (Å²) < 4.78 is 12.9. The molecule has 0 saturated carbocycles. The number of rotatable bonds is 4. The van der Waals surface area contributed by atoms with E-state index in [0.717, 1.165) is 5.56 Å². The lowest BCUT2D eigenvalue weighted by molar-refractivity contribution is -0.133. The molecule has 0 bridgehead atoms. The third-order valence-electron chi connectivity index (χ3n) is 4.67. The van der Waals surface area contributed by atoms with Gasteiger partial charge < -0.3 is 16.0 Å². The monoisotopic (exact) mass is 355 g/mol. The Kier molecular flexibility index (Phi) is 5.51. The van der Waals surface area contributed by atoms with Gasteiger partial charge in [-0.2, -0.15) is 0 Å². The number of nitrogen functional groups attached to an aromatic ring is 1. The number of halogens is 1. The Balaban J connectivity index is 1.48. The summed E-state index contributed by atoms with van der Waals surface area (Å²) >= 11 is 0. The average molecular weight is 355 g/mol. The first-order valence-corrected chi connectivity index (χ1v) is 8.70. The number of benzene rings is 2. The normalized spacial score (nSPS) is 14.9. The Morgan fingerprint density at radius 1 is 1.04 bits per heavy atom. The second-order valence-corrected chi connectivity index (χ2v) is 6.57. The van der Waals surface area contributed by atoms with Crippen LogP contribution in [-0.2, 0) is 16.0 Å². The van der Waals surface area contributed by atoms with E-state index in [4.69, 9.17) is 5.73 Å². The molecule has 136 valence electrons. The zero-order chi connectivity index (χ0) is 18.5. The second kappa shape index (κ2) is 7.99. The predicted octanol–water partition coefficient (Wildman–Crippen LogP) is 2.83. The van der Waals surface area contributed by atoms with Crippen molar-refractivity contribution in [2.75, 3.05) is 24.1 Å². The van der Waals surface area contributed by atoms with Crippen LogP contribution in [0.3, 0.4) is 0 Å². The topological polar surface area (TPSA) is 75.4 Å². The van der Waals surface area contributed by atoms with E-state index >= 15 is 0 Å². The van der Waals surface area contributed by atoms with Crippen LogP contribution in [0.1, 0.15) is 18.4 Å². The smallest absolute Gasteiger partial charge is 0.227 e. The predicted molar refractivity (Wildman–Crippen MR) is 98.9 cm³/mol. The molecule has 1 aliphatic heterocycles. The Hall–Kier alpha value is -2.89. The Morgan fingerprint density at radius 2 is 1.65 bits per heavy atom. The highest BCUT2D eigenvalue weighted by Crippen LogP contribution is 2.20. The molecule has 1 aliphatic rings. The molecule has 0 radical (unpaired) electrons. The number of nitrogens with one attached hydrogen (secondary N) is 1. The Labute approximate surface area is 152 Å². The molecule has 0 unspecified atom stereocenters. The van der Waals surface area contributed by atoms with E-state index in [1.54, 1.807) is 29.2 Å². The molecule has 3 rings (SSSR count). The highest BCUT2D eigenvalue weighted by atomic mass is 19.1. The van der Waals surface area contributed by atoms with Gasteiger partial charge in [-0.05, 0) is 54.8 Å². The molecule has 0 spiro atoms. The minimum Gasteiger partial charge on any atom is -0.399 e. The van der Waals surface area contributed by atoms with Crippen molar-refractivity contribution in [3.8, 4) is 0 Å². The fourth-order valence-corrected chi connectivity index (χ4v) is 3.09. The van der Waals surface area contributed by atoms with Gasteiger partial charge in [0.2, 0.25) is 11.8 Å². The van der Waals surface area contributed by atoms with Gasteiger partial charge in [-0.25, -0.2) is 4.39 Å². The highest BCUT2D eigenvalue weighted by Gasteiger charge is 2.27. The molecule has 3 N–H and O–H groups in total. The summed E-state index contributed by atoms with van der Waals surface area (Å²) in [6, 6.07) is 13.0. The van der Waals surface area contributed by atoms with Gasteiger partial charge in [0.15, 0.2) is 0 Å². The summed E-state index contributed by atoms with van der Waals surface area (Å²) in [5.74, 6) is -0.494. The highest BCUT2D eigenvalue weighted by molar-refractivity contribution is 5.92. The third-order valence-corrected chi connectivity index (χ3v) is 4.67. The summed E-state index contributed by atoms with van der Waals surface area (Å²) in [7, 11) is 0. The van der Waals surface area contributed by atoms with Crippen LogP contribution >= 0.6 is 0 Å². The van der Waals surface area contributed by atoms with Crippen LogP contribution in [-0.4, -0.2) is 29.8 Å². The first-order valence-electron chi connectivity index (χ1n) is 8.70. The minimum absolute atomic E-state index is 0.0622. The summed E-state index contributed by atoms with van der Waals surface area (Å²) in [6.07, 6.45) is 1.59. The van der Waals surface area contributed by atoms with Crippen LogP contribution in [0.15, 0.2) is 48.5 Å². The molecule has 1 heterocycles. The van der Waals surface area contributed by atoms with Crippen molar-refractivity contribution in [1.82, 2.24) is 4.90 Å². The van der Waals surface area contributed by atoms with Crippen molar-refractivity contribution in [2.45, 2.75) is 19.3 Å². The van der Waals surface area contributed by atoms with E-state index in [2.05, 4.69) is 5.32 Å². The summed E-state index contributed by atoms with van der Waals surface area (Å²) in [4.78, 5) is 26.5. The van der Waals surface area contributed by atoms with Crippen LogP contribution in [0.5, 0.6) is 0 Å². The minimum atomic E-state index is -0.337. The number of carbonyl (C=O) groups excluding carboxylic acids is 2. The number of anilines is 2. The number of hydrogen-bond donors (Lipinski definition) is 2. The molecular weight excluding hydrogens is 333 g/mol. The van der Waals surface area contributed by atoms with E-state index in [0.29, 0.717) is 43.7 Å². The fraction of sp³-hybridized carbons (Fsp3) is 0.300. The lowest BCUT2D eigenvalue weighted by Gasteiger charge is -2.31. The summed E-state index contributed by atoms with van der Waals surface area (Å²) in [6.45, 7) is 1.13. The number of likely N-dealkylation sites (tertiary alicyclic amines) is 1. The summed E-state index contributed by atoms with van der Waals surface area (Å²) in [5.41, 5.74) is 7.84. The van der Waals surface area contributed by atoms with Gasteiger partial charge in [0.1, 0.15) is 5.82 Å². The summed E-state index contributed by atoms with van der Waals surface area (Å²) in [5, 5.41) is 2.81. The molecule has 2 aromatic rings. The first-order chi connectivity index (χ1) is 12.5. The number of piperidine rings is 1. The van der Waals surface area contributed by atoms with Crippen molar-refractivity contribution in [3.05, 3.63) is 59.9 Å². The zero-order valence-corrected chi connectivity index (χ0v) is 14.5. The molecule has 26 heavy (non-hydrogen) atoms. The fourth-order valence-electron chi connectivity index (χ4n) is 3.09. The number of amides is 2. The third kappa shape index (κ3) is 4.59. The second-order valence-electron chi connectivity index (χ2n) is 6.57. The van der Waals surface area contributed by atoms with Crippen LogP contribution in [0.2, 0.25) is 0 Å². The molecule has 0 aliphatic carbocycles. The van der Waals surface area contributed by atoms with Gasteiger partial charge >= 0.3 is 0 Å². The van der Waals surface area contributed by atoms with Crippen molar-refractivity contribution in [2.24, 2.45) is 5.92 Å². The van der Waals surface area contributed by atoms with E-state index in [1.807, 2.05) is 12.1 Å². The molecule has 5 nitrogen and oxygen atoms in total. The van der Waals surface area contributed by atoms with Crippen LogP contribution in [0.25, 0.3) is 0 Å². The Bertz CT molecular complexity index is 699. The molecule has 0 atom stereocenters. The number of carbonyl (C=O) groups is 2. The van der Waals surface area contributed by atoms with Crippen molar-refractivity contribution < 1.29 is 14.0 Å². The van der Waals surface area contributed by atoms with E-state index in [1.165, 1.54) is 12.1 Å². The molecule has 1 saturated heterocycles. The van der Waals surface area contributed by atoms with E-state index in [-0.39, 0.29) is 23.5 Å². The number of hydrogen-bond acceptors (Lipinski definition) is 3. The van der Waals surface area contributed by atoms with Crippen molar-refractivity contribution >= 4 is 23.2 Å². The SMILES string of the molecule is Nc1ccc(CC(=O)N2CCC(C(=O)Nc3ccc(F)cc3)CC2)cc1. The zero-order valence-electron chi connectivity index (χ0n) is 14.5. The van der Waals surface area contributed by atoms with Gasteiger partial charge in [-0.3, -0.25) is 9.59 Å². The first kappa shape index (κ1) is 17.9.